The minimum Gasteiger partial charge on any atom is -0.468 e. The van der Waals surface area contributed by atoms with Gasteiger partial charge in [0.25, 0.3) is 0 Å². The van der Waals surface area contributed by atoms with E-state index >= 15 is 0 Å². The number of furan rings is 1. The van der Waals surface area contributed by atoms with Crippen LogP contribution in [0.25, 0.3) is 0 Å². The molecule has 0 saturated heterocycles. The molecule has 2 nitrogen and oxygen atoms in total. The molecule has 0 bridgehead atoms. The molecule has 0 aromatic carbocycles. The average Bonchev–Trinajstić information content (AvgIpc) is 2.91. The first kappa shape index (κ1) is 14.6. The molecular weight excluding hydrogens is 234 g/mol. The van der Waals surface area contributed by atoms with E-state index in [0.717, 1.165) is 12.3 Å². The van der Waals surface area contributed by atoms with Crippen molar-refractivity contribution < 1.29 is 4.42 Å². The van der Waals surface area contributed by atoms with E-state index in [9.17, 15) is 0 Å². The van der Waals surface area contributed by atoms with Crippen LogP contribution in [0.15, 0.2) is 22.8 Å². The molecule has 108 valence electrons. The van der Waals surface area contributed by atoms with Gasteiger partial charge in [-0.25, -0.2) is 0 Å². The summed E-state index contributed by atoms with van der Waals surface area (Å²) in [6, 6.07) is 4.71. The molecule has 2 rings (SSSR count). The van der Waals surface area contributed by atoms with Crippen LogP contribution in [-0.2, 0) is 6.54 Å². The van der Waals surface area contributed by atoms with E-state index in [2.05, 4.69) is 11.4 Å². The largest absolute Gasteiger partial charge is 0.468 e. The molecule has 1 aromatic heterocycles. The van der Waals surface area contributed by atoms with Crippen molar-refractivity contribution in [1.82, 2.24) is 5.32 Å². The van der Waals surface area contributed by atoms with Crippen molar-refractivity contribution in [3.05, 3.63) is 24.2 Å². The maximum absolute atomic E-state index is 5.40. The van der Waals surface area contributed by atoms with Gasteiger partial charge in [0.1, 0.15) is 5.76 Å². The third-order valence-corrected chi connectivity index (χ3v) is 4.25. The molecular formula is C17H29NO. The lowest BCUT2D eigenvalue weighted by Gasteiger charge is -2.19. The first-order chi connectivity index (χ1) is 9.45. The molecule has 0 aliphatic heterocycles. The Bertz CT molecular complexity index is 295. The van der Waals surface area contributed by atoms with Gasteiger partial charge in [0.2, 0.25) is 0 Å². The molecule has 0 amide bonds. The molecule has 1 fully saturated rings. The molecule has 2 heteroatoms. The third kappa shape index (κ3) is 6.29. The van der Waals surface area contributed by atoms with Crippen LogP contribution in [0, 0.1) is 0 Å². The van der Waals surface area contributed by atoms with Gasteiger partial charge in [-0.1, -0.05) is 57.8 Å². The highest BCUT2D eigenvalue weighted by molar-refractivity contribution is 4.97. The molecule has 1 N–H and O–H groups in total. The molecule has 19 heavy (non-hydrogen) atoms. The molecule has 0 spiro atoms. The minimum absolute atomic E-state index is 0.685. The van der Waals surface area contributed by atoms with E-state index in [0.29, 0.717) is 6.04 Å². The van der Waals surface area contributed by atoms with E-state index in [1.807, 2.05) is 6.07 Å². The smallest absolute Gasteiger partial charge is 0.117 e. The number of nitrogens with one attached hydrogen (secondary N) is 1. The van der Waals surface area contributed by atoms with E-state index < -0.39 is 0 Å². The van der Waals surface area contributed by atoms with Crippen LogP contribution < -0.4 is 5.32 Å². The fourth-order valence-corrected chi connectivity index (χ4v) is 3.03. The molecule has 1 saturated carbocycles. The first-order valence-corrected chi connectivity index (χ1v) is 8.21. The van der Waals surface area contributed by atoms with Crippen molar-refractivity contribution in [3.8, 4) is 0 Å². The Morgan fingerprint density at radius 3 is 2.00 bits per heavy atom. The summed E-state index contributed by atoms with van der Waals surface area (Å²) in [7, 11) is 0. The van der Waals surface area contributed by atoms with Crippen molar-refractivity contribution in [2.75, 3.05) is 0 Å². The van der Waals surface area contributed by atoms with Crippen molar-refractivity contribution in [3.63, 3.8) is 0 Å². The van der Waals surface area contributed by atoms with Gasteiger partial charge in [0.15, 0.2) is 0 Å². The summed E-state index contributed by atoms with van der Waals surface area (Å²) < 4.78 is 5.40. The SMILES string of the molecule is c1coc(CNC2CCCCCCCCCCC2)c1. The van der Waals surface area contributed by atoms with Crippen molar-refractivity contribution in [1.29, 1.82) is 0 Å². The lowest BCUT2D eigenvalue weighted by atomic mass is 9.98. The molecule has 0 unspecified atom stereocenters. The number of hydrogen-bond donors (Lipinski definition) is 1. The molecule has 1 aromatic rings. The zero-order chi connectivity index (χ0) is 13.2. The van der Waals surface area contributed by atoms with Crippen LogP contribution in [0.3, 0.4) is 0 Å². The Morgan fingerprint density at radius 2 is 1.47 bits per heavy atom. The van der Waals surface area contributed by atoms with Gasteiger partial charge in [-0.3, -0.25) is 0 Å². The second-order valence-electron chi connectivity index (χ2n) is 5.92. The average molecular weight is 263 g/mol. The summed E-state index contributed by atoms with van der Waals surface area (Å²) >= 11 is 0. The van der Waals surface area contributed by atoms with Crippen LogP contribution in [0.2, 0.25) is 0 Å². The lowest BCUT2D eigenvalue weighted by Crippen LogP contribution is -2.28. The van der Waals surface area contributed by atoms with E-state index in [4.69, 9.17) is 4.42 Å². The third-order valence-electron chi connectivity index (χ3n) is 4.25. The maximum Gasteiger partial charge on any atom is 0.117 e. The van der Waals surface area contributed by atoms with Crippen molar-refractivity contribution in [2.45, 2.75) is 83.2 Å². The van der Waals surface area contributed by atoms with Gasteiger partial charge in [0, 0.05) is 6.04 Å². The van der Waals surface area contributed by atoms with Crippen LogP contribution in [0.4, 0.5) is 0 Å². The van der Waals surface area contributed by atoms with Crippen molar-refractivity contribution >= 4 is 0 Å². The Labute approximate surface area is 118 Å². The first-order valence-electron chi connectivity index (χ1n) is 8.21. The molecule has 1 aliphatic carbocycles. The van der Waals surface area contributed by atoms with Crippen LogP contribution in [0.5, 0.6) is 0 Å². The molecule has 1 aliphatic rings. The Balaban J connectivity index is 1.71. The Morgan fingerprint density at radius 1 is 0.895 bits per heavy atom. The zero-order valence-corrected chi connectivity index (χ0v) is 12.2. The lowest BCUT2D eigenvalue weighted by molar-refractivity contribution is 0.382. The van der Waals surface area contributed by atoms with Crippen LogP contribution >= 0.6 is 0 Å². The van der Waals surface area contributed by atoms with Gasteiger partial charge in [0.05, 0.1) is 12.8 Å². The standard InChI is InChI=1S/C17H29NO/c1-2-4-6-8-11-16(12-9-7-5-3-1)18-15-17-13-10-14-19-17/h10,13-14,16,18H,1-9,11-12,15H2. The Kier molecular flexibility index (Phi) is 7.09. The quantitative estimate of drug-likeness (QED) is 0.826. The van der Waals surface area contributed by atoms with E-state index in [-0.39, 0.29) is 0 Å². The summed E-state index contributed by atoms with van der Waals surface area (Å²) in [6.07, 6.45) is 17.3. The molecule has 0 atom stereocenters. The summed E-state index contributed by atoms with van der Waals surface area (Å²) in [5.41, 5.74) is 0. The molecule has 1 heterocycles. The minimum atomic E-state index is 0.685. The van der Waals surface area contributed by atoms with Gasteiger partial charge in [-0.2, -0.15) is 0 Å². The normalized spacial score (nSPS) is 20.6. The number of hydrogen-bond acceptors (Lipinski definition) is 2. The Hall–Kier alpha value is -0.760. The fraction of sp³-hybridized carbons (Fsp3) is 0.765. The summed E-state index contributed by atoms with van der Waals surface area (Å²) in [6.45, 7) is 0.887. The van der Waals surface area contributed by atoms with Crippen LogP contribution in [0.1, 0.15) is 76.4 Å². The maximum atomic E-state index is 5.40. The van der Waals surface area contributed by atoms with Gasteiger partial charge >= 0.3 is 0 Å². The fourth-order valence-electron chi connectivity index (χ4n) is 3.03. The molecule has 0 radical (unpaired) electrons. The summed E-state index contributed by atoms with van der Waals surface area (Å²) in [5.74, 6) is 1.06. The summed E-state index contributed by atoms with van der Waals surface area (Å²) in [4.78, 5) is 0. The highest BCUT2D eigenvalue weighted by Gasteiger charge is 2.09. The van der Waals surface area contributed by atoms with Crippen LogP contribution in [-0.4, -0.2) is 6.04 Å². The second kappa shape index (κ2) is 9.19. The summed E-state index contributed by atoms with van der Waals surface area (Å²) in [5, 5.41) is 3.68. The van der Waals surface area contributed by atoms with E-state index in [1.54, 1.807) is 6.26 Å². The van der Waals surface area contributed by atoms with Gasteiger partial charge in [-0.05, 0) is 25.0 Å². The van der Waals surface area contributed by atoms with Gasteiger partial charge in [-0.15, -0.1) is 0 Å². The highest BCUT2D eigenvalue weighted by atomic mass is 16.3. The predicted molar refractivity (Wildman–Crippen MR) is 80.1 cm³/mol. The predicted octanol–water partition coefficient (Wildman–Crippen LogP) is 5.04. The highest BCUT2D eigenvalue weighted by Crippen LogP contribution is 2.17. The van der Waals surface area contributed by atoms with E-state index in [1.165, 1.54) is 70.6 Å². The monoisotopic (exact) mass is 263 g/mol. The number of rotatable bonds is 3. The topological polar surface area (TPSA) is 25.2 Å². The van der Waals surface area contributed by atoms with Gasteiger partial charge < -0.3 is 9.73 Å². The second-order valence-corrected chi connectivity index (χ2v) is 5.92. The van der Waals surface area contributed by atoms with Crippen molar-refractivity contribution in [2.24, 2.45) is 0 Å². The zero-order valence-electron chi connectivity index (χ0n) is 12.2.